The molecule has 1 heterocycles. The van der Waals surface area contributed by atoms with Crippen LogP contribution in [-0.2, 0) is 0 Å². The molecule has 0 amide bonds. The van der Waals surface area contributed by atoms with Crippen molar-refractivity contribution in [1.82, 2.24) is 9.80 Å². The minimum atomic E-state index is 0.586. The summed E-state index contributed by atoms with van der Waals surface area (Å²) >= 11 is 0. The van der Waals surface area contributed by atoms with Crippen molar-refractivity contribution in [3.63, 3.8) is 0 Å². The second kappa shape index (κ2) is 7.30. The Morgan fingerprint density at radius 2 is 2.06 bits per heavy atom. The molecule has 3 heteroatoms. The third kappa shape index (κ3) is 4.36. The molecule has 96 valence electrons. The number of allylic oxidation sites excluding steroid dienone is 3. The number of hydrogen-bond donors (Lipinski definition) is 1. The quantitative estimate of drug-likeness (QED) is 0.735. The average molecular weight is 235 g/mol. The predicted molar refractivity (Wildman–Crippen MR) is 74.8 cm³/mol. The van der Waals surface area contributed by atoms with E-state index in [0.717, 1.165) is 19.1 Å². The average Bonchev–Trinajstić information content (AvgIpc) is 2.34. The molecule has 0 aromatic carbocycles. The van der Waals surface area contributed by atoms with Gasteiger partial charge in [0.15, 0.2) is 0 Å². The molecule has 0 unspecified atom stereocenters. The first-order chi connectivity index (χ1) is 8.19. The number of likely N-dealkylation sites (tertiary alicyclic amines) is 1. The van der Waals surface area contributed by atoms with Crippen LogP contribution in [0.4, 0.5) is 0 Å². The number of nitrogens with zero attached hydrogens (tertiary/aromatic N) is 2. The summed E-state index contributed by atoms with van der Waals surface area (Å²) in [5.74, 6) is 0. The molecule has 0 spiro atoms. The van der Waals surface area contributed by atoms with Gasteiger partial charge in [0, 0.05) is 31.4 Å². The number of hydrogen-bond acceptors (Lipinski definition) is 3. The van der Waals surface area contributed by atoms with Gasteiger partial charge in [0.25, 0.3) is 0 Å². The van der Waals surface area contributed by atoms with Gasteiger partial charge in [-0.3, -0.25) is 0 Å². The number of rotatable bonds is 5. The van der Waals surface area contributed by atoms with Gasteiger partial charge in [-0.1, -0.05) is 18.7 Å². The van der Waals surface area contributed by atoms with E-state index in [9.17, 15) is 0 Å². The van der Waals surface area contributed by atoms with Gasteiger partial charge in [-0.05, 0) is 39.1 Å². The van der Waals surface area contributed by atoms with Gasteiger partial charge < -0.3 is 15.5 Å². The van der Waals surface area contributed by atoms with Crippen molar-refractivity contribution < 1.29 is 0 Å². The summed E-state index contributed by atoms with van der Waals surface area (Å²) < 4.78 is 0. The van der Waals surface area contributed by atoms with Crippen molar-refractivity contribution >= 4 is 0 Å². The van der Waals surface area contributed by atoms with Gasteiger partial charge in [-0.15, -0.1) is 0 Å². The molecule has 0 aromatic rings. The van der Waals surface area contributed by atoms with Crippen LogP contribution in [0.3, 0.4) is 0 Å². The van der Waals surface area contributed by atoms with Gasteiger partial charge in [0.05, 0.1) is 0 Å². The van der Waals surface area contributed by atoms with Gasteiger partial charge in [-0.2, -0.15) is 0 Å². The van der Waals surface area contributed by atoms with Crippen LogP contribution in [0.15, 0.2) is 36.6 Å². The molecule has 1 aliphatic heterocycles. The fourth-order valence-corrected chi connectivity index (χ4v) is 2.22. The van der Waals surface area contributed by atoms with Crippen molar-refractivity contribution in [2.24, 2.45) is 5.73 Å². The van der Waals surface area contributed by atoms with Gasteiger partial charge in [0.2, 0.25) is 0 Å². The highest BCUT2D eigenvalue weighted by atomic mass is 15.2. The Hall–Kier alpha value is -1.06. The molecule has 0 saturated carbocycles. The molecule has 1 saturated heterocycles. The lowest BCUT2D eigenvalue weighted by molar-refractivity contribution is 0.173. The third-order valence-electron chi connectivity index (χ3n) is 3.27. The molecule has 1 rings (SSSR count). The van der Waals surface area contributed by atoms with Crippen molar-refractivity contribution in [3.8, 4) is 0 Å². The van der Waals surface area contributed by atoms with Gasteiger partial charge in [0.1, 0.15) is 0 Å². The van der Waals surface area contributed by atoms with E-state index in [2.05, 4.69) is 42.6 Å². The Morgan fingerprint density at radius 1 is 1.41 bits per heavy atom. The molecule has 1 fully saturated rings. The fourth-order valence-electron chi connectivity index (χ4n) is 2.22. The minimum Gasteiger partial charge on any atom is -0.371 e. The van der Waals surface area contributed by atoms with Crippen LogP contribution in [0.2, 0.25) is 0 Å². The summed E-state index contributed by atoms with van der Waals surface area (Å²) in [6, 6.07) is 0.717. The van der Waals surface area contributed by atoms with Gasteiger partial charge in [-0.25, -0.2) is 0 Å². The maximum Gasteiger partial charge on any atom is 0.0363 e. The van der Waals surface area contributed by atoms with Crippen molar-refractivity contribution in [2.75, 3.05) is 33.7 Å². The predicted octanol–water partition coefficient (Wildman–Crippen LogP) is 1.60. The zero-order valence-electron chi connectivity index (χ0n) is 11.1. The van der Waals surface area contributed by atoms with Crippen LogP contribution in [-0.4, -0.2) is 49.6 Å². The lowest BCUT2D eigenvalue weighted by Crippen LogP contribution is -2.41. The summed E-state index contributed by atoms with van der Waals surface area (Å²) in [6.45, 7) is 6.57. The zero-order chi connectivity index (χ0) is 12.7. The standard InChI is InChI=1S/C14H25N3/c1-4-6-14(7-5-10-15)17-11-8-13(9-12-17)16(2)3/h4-7,13H,1,8-12,15H2,2-3H3. The molecule has 0 radical (unpaired) electrons. The summed E-state index contributed by atoms with van der Waals surface area (Å²) in [4.78, 5) is 4.73. The summed E-state index contributed by atoms with van der Waals surface area (Å²) in [5.41, 5.74) is 6.72. The Labute approximate surface area is 105 Å². The van der Waals surface area contributed by atoms with Crippen LogP contribution in [0.25, 0.3) is 0 Å². The van der Waals surface area contributed by atoms with Crippen LogP contribution in [0.1, 0.15) is 12.8 Å². The largest absolute Gasteiger partial charge is 0.371 e. The Morgan fingerprint density at radius 3 is 2.53 bits per heavy atom. The highest BCUT2D eigenvalue weighted by Gasteiger charge is 2.20. The summed E-state index contributed by atoms with van der Waals surface area (Å²) in [7, 11) is 4.32. The van der Waals surface area contributed by atoms with E-state index in [1.165, 1.54) is 18.5 Å². The normalized spacial score (nSPS) is 19.3. The Kier molecular flexibility index (Phi) is 6.01. The molecule has 1 aliphatic rings. The maximum absolute atomic E-state index is 5.50. The lowest BCUT2D eigenvalue weighted by Gasteiger charge is -2.37. The van der Waals surface area contributed by atoms with E-state index >= 15 is 0 Å². The molecule has 0 aliphatic carbocycles. The molecule has 0 atom stereocenters. The third-order valence-corrected chi connectivity index (χ3v) is 3.27. The van der Waals surface area contributed by atoms with Crippen LogP contribution in [0.5, 0.6) is 0 Å². The van der Waals surface area contributed by atoms with E-state index in [1.54, 1.807) is 0 Å². The molecule has 2 N–H and O–H groups in total. The topological polar surface area (TPSA) is 32.5 Å². The SMILES string of the molecule is C=CC=C(C=CCN)N1CCC(N(C)C)CC1. The monoisotopic (exact) mass is 235 g/mol. The van der Waals surface area contributed by atoms with E-state index in [0.29, 0.717) is 6.54 Å². The lowest BCUT2D eigenvalue weighted by atomic mass is 10.0. The number of nitrogens with two attached hydrogens (primary N) is 1. The van der Waals surface area contributed by atoms with Crippen molar-refractivity contribution in [3.05, 3.63) is 36.6 Å². The van der Waals surface area contributed by atoms with Gasteiger partial charge >= 0.3 is 0 Å². The first-order valence-corrected chi connectivity index (χ1v) is 6.29. The molecule has 0 aromatic heterocycles. The molecule has 17 heavy (non-hydrogen) atoms. The highest BCUT2D eigenvalue weighted by molar-refractivity contribution is 5.22. The first kappa shape index (κ1) is 14.0. The maximum atomic E-state index is 5.50. The van der Waals surface area contributed by atoms with E-state index in [-0.39, 0.29) is 0 Å². The second-order valence-corrected chi connectivity index (χ2v) is 4.65. The second-order valence-electron chi connectivity index (χ2n) is 4.65. The van der Waals surface area contributed by atoms with Crippen molar-refractivity contribution in [2.45, 2.75) is 18.9 Å². The molecule has 3 nitrogen and oxygen atoms in total. The van der Waals surface area contributed by atoms with E-state index < -0.39 is 0 Å². The molecule has 0 bridgehead atoms. The van der Waals surface area contributed by atoms with Crippen LogP contribution in [0, 0.1) is 0 Å². The Balaban J connectivity index is 2.58. The van der Waals surface area contributed by atoms with Crippen molar-refractivity contribution in [1.29, 1.82) is 0 Å². The van der Waals surface area contributed by atoms with Crippen LogP contribution >= 0.6 is 0 Å². The highest BCUT2D eigenvalue weighted by Crippen LogP contribution is 2.18. The molecular formula is C14H25N3. The van der Waals surface area contributed by atoms with Crippen LogP contribution < -0.4 is 5.73 Å². The first-order valence-electron chi connectivity index (χ1n) is 6.29. The summed E-state index contributed by atoms with van der Waals surface area (Å²) in [5, 5.41) is 0. The van der Waals surface area contributed by atoms with E-state index in [4.69, 9.17) is 5.73 Å². The minimum absolute atomic E-state index is 0.586. The number of piperidine rings is 1. The molecular weight excluding hydrogens is 210 g/mol. The zero-order valence-corrected chi connectivity index (χ0v) is 11.1. The Bertz CT molecular complexity index is 284. The summed E-state index contributed by atoms with van der Waals surface area (Å²) in [6.07, 6.45) is 10.4. The smallest absolute Gasteiger partial charge is 0.0363 e. The van der Waals surface area contributed by atoms with E-state index in [1.807, 2.05) is 12.2 Å². The fraction of sp³-hybridized carbons (Fsp3) is 0.571.